The third-order valence-corrected chi connectivity index (χ3v) is 9.88. The second-order valence-electron chi connectivity index (χ2n) is 7.48. The van der Waals surface area contributed by atoms with Crippen LogP contribution in [0.1, 0.15) is 100 Å². The van der Waals surface area contributed by atoms with Crippen LogP contribution in [0.2, 0.25) is 0 Å². The van der Waals surface area contributed by atoms with Crippen molar-refractivity contribution >= 4 is 31.4 Å². The van der Waals surface area contributed by atoms with Crippen molar-refractivity contribution < 1.29 is 13.3 Å². The van der Waals surface area contributed by atoms with Crippen molar-refractivity contribution in [3.8, 4) is 0 Å². The summed E-state index contributed by atoms with van der Waals surface area (Å²) in [7, 11) is -2.82. The molecule has 0 saturated heterocycles. The molecule has 0 spiro atoms. The van der Waals surface area contributed by atoms with E-state index in [9.17, 15) is 0 Å². The van der Waals surface area contributed by atoms with Gasteiger partial charge in [0.25, 0.3) is 0 Å². The maximum atomic E-state index is 6.50. The van der Waals surface area contributed by atoms with Gasteiger partial charge in [-0.3, -0.25) is 0 Å². The van der Waals surface area contributed by atoms with E-state index < -0.39 is 8.80 Å². The van der Waals surface area contributed by atoms with E-state index >= 15 is 0 Å². The van der Waals surface area contributed by atoms with Crippen LogP contribution in [-0.2, 0) is 13.3 Å². The zero-order valence-electron chi connectivity index (χ0n) is 18.6. The number of benzene rings is 1. The predicted molar refractivity (Wildman–Crippen MR) is 130 cm³/mol. The van der Waals surface area contributed by atoms with Gasteiger partial charge in [-0.05, 0) is 36.8 Å². The molecular formula is C23H41IO3Si. The van der Waals surface area contributed by atoms with E-state index in [1.807, 2.05) is 0 Å². The fraction of sp³-hybridized carbons (Fsp3) is 0.739. The van der Waals surface area contributed by atoms with Crippen molar-refractivity contribution in [2.75, 3.05) is 19.8 Å². The first kappa shape index (κ1) is 26.1. The Hall–Kier alpha value is 0.0469. The highest BCUT2D eigenvalue weighted by atomic mass is 127. The van der Waals surface area contributed by atoms with Crippen molar-refractivity contribution in [1.29, 1.82) is 0 Å². The Labute approximate surface area is 188 Å². The van der Waals surface area contributed by atoms with Gasteiger partial charge in [-0.2, -0.15) is 0 Å². The monoisotopic (exact) mass is 520 g/mol. The molecule has 1 rings (SSSR count). The smallest absolute Gasteiger partial charge is 0.373 e. The van der Waals surface area contributed by atoms with Crippen molar-refractivity contribution in [3.05, 3.63) is 35.4 Å². The highest BCUT2D eigenvalue weighted by Crippen LogP contribution is 2.34. The maximum absolute atomic E-state index is 6.50. The van der Waals surface area contributed by atoms with Crippen molar-refractivity contribution in [1.82, 2.24) is 0 Å². The quantitative estimate of drug-likeness (QED) is 0.0972. The lowest BCUT2D eigenvalue weighted by atomic mass is 10.1. The van der Waals surface area contributed by atoms with Gasteiger partial charge in [-0.1, -0.05) is 101 Å². The fourth-order valence-electron chi connectivity index (χ4n) is 3.04. The molecule has 0 heterocycles. The van der Waals surface area contributed by atoms with Crippen LogP contribution >= 0.6 is 22.6 Å². The predicted octanol–water partition coefficient (Wildman–Crippen LogP) is 7.60. The molecule has 0 fully saturated rings. The van der Waals surface area contributed by atoms with Crippen LogP contribution in [0.4, 0.5) is 0 Å². The molecule has 1 aromatic carbocycles. The number of hydrogen-bond acceptors (Lipinski definition) is 3. The third-order valence-electron chi connectivity index (χ3n) is 5.06. The Kier molecular flexibility index (Phi) is 13.9. The molecule has 0 aliphatic carbocycles. The lowest BCUT2D eigenvalue weighted by Crippen LogP contribution is -2.51. The summed E-state index contributed by atoms with van der Waals surface area (Å²) in [6.07, 6.45) is 7.61. The molecule has 28 heavy (non-hydrogen) atoms. The molecule has 2 atom stereocenters. The molecular weight excluding hydrogens is 479 g/mol. The Morgan fingerprint density at radius 2 is 1.29 bits per heavy atom. The average Bonchev–Trinajstić information content (AvgIpc) is 2.72. The van der Waals surface area contributed by atoms with Crippen molar-refractivity contribution in [2.45, 2.75) is 89.0 Å². The topological polar surface area (TPSA) is 27.7 Å². The maximum Gasteiger partial charge on any atom is 0.508 e. The molecule has 0 radical (unpaired) electrons. The third kappa shape index (κ3) is 8.42. The van der Waals surface area contributed by atoms with E-state index in [2.05, 4.69) is 81.5 Å². The first-order valence-electron chi connectivity index (χ1n) is 11.2. The van der Waals surface area contributed by atoms with Gasteiger partial charge < -0.3 is 13.3 Å². The minimum Gasteiger partial charge on any atom is -0.373 e. The van der Waals surface area contributed by atoms with E-state index in [1.54, 1.807) is 0 Å². The van der Waals surface area contributed by atoms with Crippen LogP contribution in [-0.4, -0.2) is 28.6 Å². The van der Waals surface area contributed by atoms with E-state index in [-0.39, 0.29) is 5.54 Å². The lowest BCUT2D eigenvalue weighted by Gasteiger charge is -2.35. The first-order chi connectivity index (χ1) is 13.5. The molecule has 5 heteroatoms. The SMILES string of the molecule is CCCCO[Si](OCCCC)(OCCCC)C(C)c1cccc(C(I)CC)c1. The van der Waals surface area contributed by atoms with E-state index in [0.29, 0.717) is 3.92 Å². The van der Waals surface area contributed by atoms with Crippen LogP contribution in [0, 0.1) is 0 Å². The van der Waals surface area contributed by atoms with Crippen LogP contribution in [0.5, 0.6) is 0 Å². The molecule has 3 nitrogen and oxygen atoms in total. The largest absolute Gasteiger partial charge is 0.508 e. The van der Waals surface area contributed by atoms with Crippen molar-refractivity contribution in [3.63, 3.8) is 0 Å². The highest BCUT2D eigenvalue weighted by molar-refractivity contribution is 14.1. The molecule has 0 N–H and O–H groups in total. The fourth-order valence-corrected chi connectivity index (χ4v) is 6.30. The number of alkyl halides is 1. The summed E-state index contributed by atoms with van der Waals surface area (Å²) in [6.45, 7) is 13.2. The summed E-state index contributed by atoms with van der Waals surface area (Å²) in [6, 6.07) is 8.95. The normalized spacial score (nSPS) is 14.2. The van der Waals surface area contributed by atoms with Crippen LogP contribution < -0.4 is 0 Å². The number of halogens is 1. The Bertz CT molecular complexity index is 500. The zero-order valence-corrected chi connectivity index (χ0v) is 21.8. The lowest BCUT2D eigenvalue weighted by molar-refractivity contribution is 0.0488. The van der Waals surface area contributed by atoms with Gasteiger partial charge in [0.2, 0.25) is 0 Å². The van der Waals surface area contributed by atoms with Gasteiger partial charge in [-0.25, -0.2) is 0 Å². The average molecular weight is 521 g/mol. The van der Waals surface area contributed by atoms with Gasteiger partial charge in [0.05, 0.1) is 5.54 Å². The summed E-state index contributed by atoms with van der Waals surface area (Å²) in [5.41, 5.74) is 2.80. The number of unbranched alkanes of at least 4 members (excludes halogenated alkanes) is 3. The number of rotatable bonds is 16. The molecule has 0 amide bonds. The molecule has 0 bridgehead atoms. The van der Waals surface area contributed by atoms with Crippen LogP contribution in [0.25, 0.3) is 0 Å². The molecule has 1 aromatic rings. The molecule has 162 valence electrons. The second kappa shape index (κ2) is 14.9. The minimum absolute atomic E-state index is 0.137. The van der Waals surface area contributed by atoms with Gasteiger partial charge >= 0.3 is 8.80 Å². The molecule has 0 aromatic heterocycles. The zero-order chi connectivity index (χ0) is 20.8. The van der Waals surface area contributed by atoms with Gasteiger partial charge in [0.15, 0.2) is 0 Å². The summed E-state index contributed by atoms with van der Waals surface area (Å²) in [5, 5.41) is 0. The Balaban J connectivity index is 3.15. The van der Waals surface area contributed by atoms with E-state index in [1.165, 1.54) is 11.1 Å². The van der Waals surface area contributed by atoms with Gasteiger partial charge in [0.1, 0.15) is 0 Å². The Morgan fingerprint density at radius 3 is 1.71 bits per heavy atom. The van der Waals surface area contributed by atoms with Gasteiger partial charge in [-0.15, -0.1) is 0 Å². The van der Waals surface area contributed by atoms with E-state index in [0.717, 1.165) is 64.8 Å². The van der Waals surface area contributed by atoms with Crippen LogP contribution in [0.3, 0.4) is 0 Å². The standard InChI is InChI=1S/C23H41IO3Si/c1-6-10-16-25-28(26-17-11-7-2,27-18-12-8-3)20(5)21-14-13-15-22(19-21)23(24)9-4/h13-15,19-20,23H,6-12,16-18H2,1-5H3. The van der Waals surface area contributed by atoms with Gasteiger partial charge in [0, 0.05) is 23.7 Å². The molecule has 2 unspecified atom stereocenters. The summed E-state index contributed by atoms with van der Waals surface area (Å²) in [5.74, 6) is 0. The number of hydrogen-bond donors (Lipinski definition) is 0. The highest BCUT2D eigenvalue weighted by Gasteiger charge is 2.48. The summed E-state index contributed by atoms with van der Waals surface area (Å²) >= 11 is 2.53. The van der Waals surface area contributed by atoms with Crippen LogP contribution in [0.15, 0.2) is 24.3 Å². The molecule has 0 saturated carbocycles. The second-order valence-corrected chi connectivity index (χ2v) is 11.9. The van der Waals surface area contributed by atoms with Crippen molar-refractivity contribution in [2.24, 2.45) is 0 Å². The summed E-state index contributed by atoms with van der Waals surface area (Å²) < 4.78 is 20.0. The minimum atomic E-state index is -2.82. The summed E-state index contributed by atoms with van der Waals surface area (Å²) in [4.78, 5) is 0. The van der Waals surface area contributed by atoms with E-state index in [4.69, 9.17) is 13.3 Å². The first-order valence-corrected chi connectivity index (χ1v) is 14.2. The molecule has 0 aliphatic heterocycles. The molecule has 0 aliphatic rings. The Morgan fingerprint density at radius 1 is 0.821 bits per heavy atom.